The van der Waals surface area contributed by atoms with Crippen LogP contribution in [0.2, 0.25) is 0 Å². The monoisotopic (exact) mass is 266 g/mol. The van der Waals surface area contributed by atoms with Crippen LogP contribution in [0.3, 0.4) is 0 Å². The standard InChI is InChI=1S/C13H18N2O4/c16-5-6-19-12-1-3-15(4-2-12)13(18)10-7-11(17)9-14-8-10/h7-9,12,16-17H,1-6H2. The summed E-state index contributed by atoms with van der Waals surface area (Å²) in [5.41, 5.74) is 0.398. The minimum atomic E-state index is -0.121. The topological polar surface area (TPSA) is 82.9 Å². The van der Waals surface area contributed by atoms with Gasteiger partial charge in [-0.1, -0.05) is 0 Å². The van der Waals surface area contributed by atoms with Crippen LogP contribution >= 0.6 is 0 Å². The third kappa shape index (κ3) is 3.65. The Kier molecular flexibility index (Phi) is 4.70. The van der Waals surface area contributed by atoms with Gasteiger partial charge < -0.3 is 19.8 Å². The summed E-state index contributed by atoms with van der Waals surface area (Å²) >= 11 is 0. The van der Waals surface area contributed by atoms with E-state index in [-0.39, 0.29) is 24.4 Å². The van der Waals surface area contributed by atoms with E-state index < -0.39 is 0 Å². The fraction of sp³-hybridized carbons (Fsp3) is 0.538. The highest BCUT2D eigenvalue weighted by Crippen LogP contribution is 2.17. The molecular formula is C13H18N2O4. The van der Waals surface area contributed by atoms with Crippen molar-refractivity contribution in [3.8, 4) is 5.75 Å². The van der Waals surface area contributed by atoms with Crippen molar-refractivity contribution in [2.75, 3.05) is 26.3 Å². The van der Waals surface area contributed by atoms with Crippen molar-refractivity contribution < 1.29 is 19.7 Å². The van der Waals surface area contributed by atoms with E-state index in [0.29, 0.717) is 25.3 Å². The lowest BCUT2D eigenvalue weighted by molar-refractivity contribution is -0.00555. The minimum Gasteiger partial charge on any atom is -0.506 e. The highest BCUT2D eigenvalue weighted by molar-refractivity contribution is 5.94. The molecule has 19 heavy (non-hydrogen) atoms. The molecule has 1 saturated heterocycles. The van der Waals surface area contributed by atoms with Gasteiger partial charge in [-0.25, -0.2) is 0 Å². The van der Waals surface area contributed by atoms with Gasteiger partial charge in [-0.2, -0.15) is 0 Å². The minimum absolute atomic E-state index is 0.00739. The summed E-state index contributed by atoms with van der Waals surface area (Å²) < 4.78 is 5.44. The molecule has 0 unspecified atom stereocenters. The molecule has 1 aliphatic heterocycles. The van der Waals surface area contributed by atoms with Crippen molar-refractivity contribution in [1.29, 1.82) is 0 Å². The largest absolute Gasteiger partial charge is 0.506 e. The third-order valence-corrected chi connectivity index (χ3v) is 3.14. The molecule has 0 aromatic carbocycles. The van der Waals surface area contributed by atoms with E-state index >= 15 is 0 Å². The summed E-state index contributed by atoms with van der Waals surface area (Å²) in [4.78, 5) is 17.7. The Hall–Kier alpha value is -1.66. The van der Waals surface area contributed by atoms with Crippen LogP contribution in [0, 0.1) is 0 Å². The number of carbonyl (C=O) groups is 1. The van der Waals surface area contributed by atoms with Crippen LogP contribution in [0.25, 0.3) is 0 Å². The van der Waals surface area contributed by atoms with Crippen LogP contribution < -0.4 is 0 Å². The number of aliphatic hydroxyl groups excluding tert-OH is 1. The van der Waals surface area contributed by atoms with Crippen LogP contribution in [0.1, 0.15) is 23.2 Å². The molecule has 2 N–H and O–H groups in total. The van der Waals surface area contributed by atoms with Crippen molar-refractivity contribution in [2.24, 2.45) is 0 Å². The van der Waals surface area contributed by atoms with E-state index in [1.54, 1.807) is 4.90 Å². The van der Waals surface area contributed by atoms with Crippen LogP contribution in [0.15, 0.2) is 18.5 Å². The second kappa shape index (κ2) is 6.49. The molecular weight excluding hydrogens is 248 g/mol. The fourth-order valence-corrected chi connectivity index (χ4v) is 2.17. The number of aliphatic hydroxyl groups is 1. The number of aromatic hydroxyl groups is 1. The molecule has 1 aliphatic rings. The van der Waals surface area contributed by atoms with Gasteiger partial charge in [0.05, 0.1) is 31.1 Å². The summed E-state index contributed by atoms with van der Waals surface area (Å²) in [6.07, 6.45) is 4.39. The third-order valence-electron chi connectivity index (χ3n) is 3.14. The predicted octanol–water partition coefficient (Wildman–Crippen LogP) is 0.401. The van der Waals surface area contributed by atoms with Crippen LogP contribution in [-0.2, 0) is 4.74 Å². The molecule has 0 saturated carbocycles. The van der Waals surface area contributed by atoms with E-state index in [4.69, 9.17) is 9.84 Å². The molecule has 1 aromatic heterocycles. The van der Waals surface area contributed by atoms with Crippen LogP contribution in [0.4, 0.5) is 0 Å². The maximum absolute atomic E-state index is 12.2. The molecule has 104 valence electrons. The summed E-state index contributed by atoms with van der Waals surface area (Å²) in [7, 11) is 0. The Bertz CT molecular complexity index is 430. The van der Waals surface area contributed by atoms with E-state index in [9.17, 15) is 9.90 Å². The van der Waals surface area contributed by atoms with Gasteiger partial charge in [0.25, 0.3) is 5.91 Å². The van der Waals surface area contributed by atoms with Crippen molar-refractivity contribution >= 4 is 5.91 Å². The number of ether oxygens (including phenoxy) is 1. The van der Waals surface area contributed by atoms with Crippen molar-refractivity contribution in [1.82, 2.24) is 9.88 Å². The molecule has 1 fully saturated rings. The van der Waals surface area contributed by atoms with Gasteiger partial charge in [0.15, 0.2) is 0 Å². The number of carbonyl (C=O) groups excluding carboxylic acids is 1. The van der Waals surface area contributed by atoms with Gasteiger partial charge in [0.1, 0.15) is 5.75 Å². The molecule has 0 bridgehead atoms. The zero-order chi connectivity index (χ0) is 13.7. The van der Waals surface area contributed by atoms with Gasteiger partial charge >= 0.3 is 0 Å². The van der Waals surface area contributed by atoms with E-state index in [2.05, 4.69) is 4.98 Å². The summed E-state index contributed by atoms with van der Waals surface area (Å²) in [5, 5.41) is 18.0. The molecule has 2 heterocycles. The maximum atomic E-state index is 12.2. The van der Waals surface area contributed by atoms with Crippen molar-refractivity contribution in [2.45, 2.75) is 18.9 Å². The maximum Gasteiger partial charge on any atom is 0.255 e. The van der Waals surface area contributed by atoms with Crippen molar-refractivity contribution in [3.63, 3.8) is 0 Å². The molecule has 6 heteroatoms. The Morgan fingerprint density at radius 1 is 1.42 bits per heavy atom. The van der Waals surface area contributed by atoms with Gasteiger partial charge in [-0.05, 0) is 18.9 Å². The number of piperidine rings is 1. The lowest BCUT2D eigenvalue weighted by Crippen LogP contribution is -2.41. The average Bonchev–Trinajstić information content (AvgIpc) is 2.45. The Balaban J connectivity index is 1.89. The second-order valence-corrected chi connectivity index (χ2v) is 4.52. The highest BCUT2D eigenvalue weighted by Gasteiger charge is 2.24. The molecule has 0 atom stereocenters. The number of hydrogen-bond donors (Lipinski definition) is 2. The highest BCUT2D eigenvalue weighted by atomic mass is 16.5. The van der Waals surface area contributed by atoms with E-state index in [0.717, 1.165) is 12.8 Å². The molecule has 6 nitrogen and oxygen atoms in total. The van der Waals surface area contributed by atoms with Gasteiger partial charge in [-0.3, -0.25) is 9.78 Å². The zero-order valence-electron chi connectivity index (χ0n) is 10.7. The number of pyridine rings is 1. The number of rotatable bonds is 4. The number of aromatic nitrogens is 1. The quantitative estimate of drug-likeness (QED) is 0.824. The first kappa shape index (κ1) is 13.8. The lowest BCUT2D eigenvalue weighted by Gasteiger charge is -2.31. The van der Waals surface area contributed by atoms with E-state index in [1.165, 1.54) is 18.5 Å². The number of likely N-dealkylation sites (tertiary alicyclic amines) is 1. The summed E-state index contributed by atoms with van der Waals surface area (Å²) in [6.45, 7) is 1.60. The van der Waals surface area contributed by atoms with E-state index in [1.807, 2.05) is 0 Å². The lowest BCUT2D eigenvalue weighted by atomic mass is 10.1. The molecule has 1 amide bonds. The number of nitrogens with zero attached hydrogens (tertiary/aromatic N) is 2. The molecule has 0 aliphatic carbocycles. The van der Waals surface area contributed by atoms with Crippen molar-refractivity contribution in [3.05, 3.63) is 24.0 Å². The number of amides is 1. The van der Waals surface area contributed by atoms with Crippen LogP contribution in [-0.4, -0.2) is 58.4 Å². The van der Waals surface area contributed by atoms with Gasteiger partial charge in [0, 0.05) is 19.3 Å². The average molecular weight is 266 g/mol. The smallest absolute Gasteiger partial charge is 0.255 e. The normalized spacial score (nSPS) is 16.6. The molecule has 2 rings (SSSR count). The zero-order valence-corrected chi connectivity index (χ0v) is 10.7. The van der Waals surface area contributed by atoms with Gasteiger partial charge in [-0.15, -0.1) is 0 Å². The Morgan fingerprint density at radius 2 is 2.16 bits per heavy atom. The van der Waals surface area contributed by atoms with Crippen LogP contribution in [0.5, 0.6) is 5.75 Å². The Morgan fingerprint density at radius 3 is 2.79 bits per heavy atom. The number of hydrogen-bond acceptors (Lipinski definition) is 5. The first-order chi connectivity index (χ1) is 9.20. The Labute approximate surface area is 111 Å². The molecule has 0 spiro atoms. The second-order valence-electron chi connectivity index (χ2n) is 4.52. The predicted molar refractivity (Wildman–Crippen MR) is 67.9 cm³/mol. The molecule has 1 aromatic rings. The molecule has 0 radical (unpaired) electrons. The first-order valence-electron chi connectivity index (χ1n) is 6.36. The summed E-state index contributed by atoms with van der Waals surface area (Å²) in [6, 6.07) is 1.42. The van der Waals surface area contributed by atoms with Gasteiger partial charge in [0.2, 0.25) is 0 Å². The fourth-order valence-electron chi connectivity index (χ4n) is 2.17. The SMILES string of the molecule is O=C(c1cncc(O)c1)N1CCC(OCCO)CC1. The first-order valence-corrected chi connectivity index (χ1v) is 6.36. The summed E-state index contributed by atoms with van der Waals surface area (Å²) in [5.74, 6) is -0.129.